The molecule has 1 unspecified atom stereocenters. The van der Waals surface area contributed by atoms with Gasteiger partial charge in [-0.15, -0.1) is 0 Å². The maximum absolute atomic E-state index is 2.48. The molecule has 2 aliphatic rings. The quantitative estimate of drug-likeness (QED) is 0.238. The van der Waals surface area contributed by atoms with Gasteiger partial charge in [-0.05, 0) is 72.9 Å². The van der Waals surface area contributed by atoms with Crippen molar-refractivity contribution >= 4 is 27.5 Å². The first-order valence-electron chi connectivity index (χ1n) is 13.6. The zero-order chi connectivity index (χ0) is 25.3. The molecule has 0 spiro atoms. The van der Waals surface area contributed by atoms with Gasteiger partial charge in [-0.1, -0.05) is 97.1 Å². The summed E-state index contributed by atoms with van der Waals surface area (Å²) in [5, 5.41) is 2.58. The van der Waals surface area contributed by atoms with Crippen LogP contribution in [-0.2, 0) is 0 Å². The van der Waals surface area contributed by atoms with Crippen LogP contribution in [-0.4, -0.2) is 10.6 Å². The summed E-state index contributed by atoms with van der Waals surface area (Å²) in [6, 6.07) is 35.7. The van der Waals surface area contributed by atoms with Crippen LogP contribution in [0.3, 0.4) is 0 Å². The van der Waals surface area contributed by atoms with E-state index >= 15 is 0 Å². The van der Waals surface area contributed by atoms with Crippen molar-refractivity contribution in [2.75, 3.05) is 4.90 Å². The SMILES string of the molecule is C1=CCC(N(C2=CCCC=C2)c2ccc(-c3ccc(-n4c5ccccc5c5ccccc54)cc3)cc2)C=C1. The van der Waals surface area contributed by atoms with E-state index in [2.05, 4.69) is 149 Å². The Morgan fingerprint density at radius 2 is 1.29 bits per heavy atom. The van der Waals surface area contributed by atoms with E-state index in [9.17, 15) is 0 Å². The molecule has 7 rings (SSSR count). The third-order valence-corrected chi connectivity index (χ3v) is 7.73. The smallest absolute Gasteiger partial charge is 0.0559 e. The molecule has 1 heterocycles. The number of hydrogen-bond donors (Lipinski definition) is 0. The van der Waals surface area contributed by atoms with E-state index in [4.69, 9.17) is 0 Å². The summed E-state index contributed by atoms with van der Waals surface area (Å²) in [6.45, 7) is 0. The maximum Gasteiger partial charge on any atom is 0.0559 e. The standard InChI is InChI=1S/C36H30N2/c1-3-11-29(12-4-1)37(30-13-5-2-6-14-30)31-23-19-27(20-24-31)28-21-25-32(26-22-28)38-35-17-9-7-15-33(35)34-16-8-10-18-36(34)38/h1,3-5,7-11,13-26,29H,2,6,12H2. The minimum atomic E-state index is 0.338. The van der Waals surface area contributed by atoms with Gasteiger partial charge in [0.25, 0.3) is 0 Å². The maximum atomic E-state index is 2.48. The molecule has 0 amide bonds. The van der Waals surface area contributed by atoms with Gasteiger partial charge >= 0.3 is 0 Å². The predicted molar refractivity (Wildman–Crippen MR) is 162 cm³/mol. The molecule has 1 aromatic heterocycles. The van der Waals surface area contributed by atoms with Gasteiger partial charge in [0.1, 0.15) is 0 Å². The topological polar surface area (TPSA) is 8.17 Å². The number of rotatable bonds is 5. The highest BCUT2D eigenvalue weighted by Crippen LogP contribution is 2.34. The molecule has 4 aromatic carbocycles. The average molecular weight is 491 g/mol. The molecule has 0 bridgehead atoms. The van der Waals surface area contributed by atoms with Crippen LogP contribution in [0.4, 0.5) is 5.69 Å². The van der Waals surface area contributed by atoms with Crippen molar-refractivity contribution in [3.8, 4) is 16.8 Å². The highest BCUT2D eigenvalue weighted by Gasteiger charge is 2.20. The lowest BCUT2D eigenvalue weighted by Crippen LogP contribution is -2.33. The van der Waals surface area contributed by atoms with Crippen LogP contribution in [0.1, 0.15) is 19.3 Å². The second-order valence-corrected chi connectivity index (χ2v) is 10.1. The molecule has 0 N–H and O–H groups in total. The van der Waals surface area contributed by atoms with Gasteiger partial charge in [0.05, 0.1) is 17.1 Å². The Kier molecular flexibility index (Phi) is 5.79. The average Bonchev–Trinajstić information content (AvgIpc) is 3.33. The first-order valence-corrected chi connectivity index (χ1v) is 13.6. The normalized spacial score (nSPS) is 16.7. The Hall–Kier alpha value is -4.56. The number of anilines is 1. The summed E-state index contributed by atoms with van der Waals surface area (Å²) in [4.78, 5) is 2.48. The van der Waals surface area contributed by atoms with Crippen LogP contribution in [0.5, 0.6) is 0 Å². The summed E-state index contributed by atoms with van der Waals surface area (Å²) in [5.74, 6) is 0. The molecule has 1 atom stereocenters. The molecule has 2 heteroatoms. The Morgan fingerprint density at radius 3 is 1.89 bits per heavy atom. The van der Waals surface area contributed by atoms with E-state index in [0.717, 1.165) is 19.3 Å². The van der Waals surface area contributed by atoms with Crippen molar-refractivity contribution in [1.82, 2.24) is 4.57 Å². The van der Waals surface area contributed by atoms with Crippen molar-refractivity contribution in [3.05, 3.63) is 145 Å². The summed E-state index contributed by atoms with van der Waals surface area (Å²) >= 11 is 0. The van der Waals surface area contributed by atoms with Crippen LogP contribution < -0.4 is 4.90 Å². The molecule has 0 saturated heterocycles. The lowest BCUT2D eigenvalue weighted by molar-refractivity contribution is 0.755. The summed E-state index contributed by atoms with van der Waals surface area (Å²) in [7, 11) is 0. The number of benzene rings is 4. The third kappa shape index (κ3) is 3.99. The van der Waals surface area contributed by atoms with Gasteiger partial charge in [0, 0.05) is 27.8 Å². The third-order valence-electron chi connectivity index (χ3n) is 7.73. The fourth-order valence-corrected chi connectivity index (χ4v) is 5.89. The van der Waals surface area contributed by atoms with Crippen molar-refractivity contribution in [2.45, 2.75) is 25.3 Å². The second-order valence-electron chi connectivity index (χ2n) is 10.1. The molecular formula is C36H30N2. The number of nitrogens with zero attached hydrogens (tertiary/aromatic N) is 2. The molecule has 0 saturated carbocycles. The van der Waals surface area contributed by atoms with Crippen molar-refractivity contribution < 1.29 is 0 Å². The number of hydrogen-bond acceptors (Lipinski definition) is 1. The number of allylic oxidation sites excluding steroid dienone is 5. The van der Waals surface area contributed by atoms with Crippen molar-refractivity contribution in [3.63, 3.8) is 0 Å². The van der Waals surface area contributed by atoms with Crippen LogP contribution >= 0.6 is 0 Å². The Morgan fingerprint density at radius 1 is 0.632 bits per heavy atom. The Labute approximate surface area is 224 Å². The molecule has 5 aromatic rings. The zero-order valence-corrected chi connectivity index (χ0v) is 21.4. The molecule has 38 heavy (non-hydrogen) atoms. The zero-order valence-electron chi connectivity index (χ0n) is 21.4. The Balaban J connectivity index is 1.22. The highest BCUT2D eigenvalue weighted by atomic mass is 15.2. The molecule has 2 nitrogen and oxygen atoms in total. The van der Waals surface area contributed by atoms with Gasteiger partial charge in [0.15, 0.2) is 0 Å². The van der Waals surface area contributed by atoms with Gasteiger partial charge in [-0.3, -0.25) is 0 Å². The minimum absolute atomic E-state index is 0.338. The molecular weight excluding hydrogens is 460 g/mol. The van der Waals surface area contributed by atoms with Gasteiger partial charge in [-0.25, -0.2) is 0 Å². The Bertz CT molecular complexity index is 1670. The lowest BCUT2D eigenvalue weighted by atomic mass is 10.0. The van der Waals surface area contributed by atoms with Crippen molar-refractivity contribution in [2.24, 2.45) is 0 Å². The lowest BCUT2D eigenvalue weighted by Gasteiger charge is -2.34. The van der Waals surface area contributed by atoms with Crippen LogP contribution in [0.15, 0.2) is 145 Å². The largest absolute Gasteiger partial charge is 0.335 e. The minimum Gasteiger partial charge on any atom is -0.335 e. The fourth-order valence-electron chi connectivity index (χ4n) is 5.89. The van der Waals surface area contributed by atoms with E-state index in [-0.39, 0.29) is 0 Å². The number of aromatic nitrogens is 1. The molecule has 0 radical (unpaired) electrons. The molecule has 0 aliphatic heterocycles. The van der Waals surface area contributed by atoms with Gasteiger partial charge < -0.3 is 9.47 Å². The first kappa shape index (κ1) is 22.6. The fraction of sp³-hybridized carbons (Fsp3) is 0.111. The predicted octanol–water partition coefficient (Wildman–Crippen LogP) is 9.38. The highest BCUT2D eigenvalue weighted by molar-refractivity contribution is 6.09. The number of para-hydroxylation sites is 2. The summed E-state index contributed by atoms with van der Waals surface area (Å²) < 4.78 is 2.37. The summed E-state index contributed by atoms with van der Waals surface area (Å²) in [5.41, 5.74) is 8.65. The van der Waals surface area contributed by atoms with Crippen LogP contribution in [0.25, 0.3) is 38.6 Å². The molecule has 2 aliphatic carbocycles. The van der Waals surface area contributed by atoms with Gasteiger partial charge in [0.2, 0.25) is 0 Å². The molecule has 184 valence electrons. The van der Waals surface area contributed by atoms with E-state index in [0.29, 0.717) is 6.04 Å². The van der Waals surface area contributed by atoms with E-state index in [1.807, 2.05) is 0 Å². The van der Waals surface area contributed by atoms with Gasteiger partial charge in [-0.2, -0.15) is 0 Å². The first-order chi connectivity index (χ1) is 18.9. The second kappa shape index (κ2) is 9.72. The molecule has 0 fully saturated rings. The number of fused-ring (bicyclic) bond motifs is 3. The summed E-state index contributed by atoms with van der Waals surface area (Å²) in [6.07, 6.45) is 19.1. The van der Waals surface area contributed by atoms with Crippen molar-refractivity contribution in [1.29, 1.82) is 0 Å². The van der Waals surface area contributed by atoms with E-state index in [1.165, 1.54) is 50.0 Å². The van der Waals surface area contributed by atoms with E-state index in [1.54, 1.807) is 0 Å². The monoisotopic (exact) mass is 490 g/mol. The van der Waals surface area contributed by atoms with Crippen LogP contribution in [0, 0.1) is 0 Å². The van der Waals surface area contributed by atoms with Crippen LogP contribution in [0.2, 0.25) is 0 Å². The van der Waals surface area contributed by atoms with E-state index < -0.39 is 0 Å².